The van der Waals surface area contributed by atoms with Gasteiger partial charge in [-0.25, -0.2) is 0 Å². The van der Waals surface area contributed by atoms with Crippen LogP contribution in [0.5, 0.6) is 0 Å². The van der Waals surface area contributed by atoms with Crippen molar-refractivity contribution in [3.8, 4) is 0 Å². The van der Waals surface area contributed by atoms with Crippen LogP contribution in [0.1, 0.15) is 113 Å². The molecule has 9 aliphatic rings. The van der Waals surface area contributed by atoms with Crippen LogP contribution in [0.2, 0.25) is 0 Å². The van der Waals surface area contributed by atoms with Crippen molar-refractivity contribution in [1.29, 1.82) is 0 Å². The summed E-state index contributed by atoms with van der Waals surface area (Å²) in [5, 5.41) is 130. The van der Waals surface area contributed by atoms with Crippen LogP contribution >= 0.6 is 0 Å². The molecule has 0 radical (unpaired) electrons. The maximum absolute atomic E-state index is 13.2. The summed E-state index contributed by atoms with van der Waals surface area (Å²) in [6, 6.07) is 0. The van der Waals surface area contributed by atoms with Crippen molar-refractivity contribution in [2.24, 2.45) is 50.2 Å². The van der Waals surface area contributed by atoms with Crippen LogP contribution in [-0.2, 0) is 42.7 Å². The van der Waals surface area contributed by atoms with Crippen molar-refractivity contribution in [3.05, 3.63) is 11.6 Å². The molecule has 4 heterocycles. The van der Waals surface area contributed by atoms with Crippen molar-refractivity contribution in [2.45, 2.75) is 229 Å². The first-order valence-corrected chi connectivity index (χ1v) is 26.7. The van der Waals surface area contributed by atoms with E-state index in [1.807, 2.05) is 6.92 Å². The SMILES string of the molecule is CC1OC(OC2C(OC3CCC4(C)C(CCC5(C)C4CC=C4C6CC(C)(C)CCC6(C(=O)O)CCC45C)C3(C)CO)OCC(OC3OC(CO)C(O)C(O)C3O)C2O)C(O)C(OC2OCC(O)C(O)C2O)C1O. The number of fused-ring (bicyclic) bond motifs is 7. The summed E-state index contributed by atoms with van der Waals surface area (Å²) in [5.41, 5.74) is -0.985. The van der Waals surface area contributed by atoms with Gasteiger partial charge >= 0.3 is 5.97 Å². The van der Waals surface area contributed by atoms with E-state index >= 15 is 0 Å². The van der Waals surface area contributed by atoms with Gasteiger partial charge in [-0.15, -0.1) is 0 Å². The monoisotopic (exact) mass is 1040 g/mol. The van der Waals surface area contributed by atoms with Crippen LogP contribution in [0.4, 0.5) is 0 Å². The Kier molecular flexibility index (Phi) is 15.6. The quantitative estimate of drug-likeness (QED) is 0.0942. The number of aliphatic hydroxyl groups is 11. The summed E-state index contributed by atoms with van der Waals surface area (Å²) in [4.78, 5) is 13.2. The molecule has 9 rings (SSSR count). The van der Waals surface area contributed by atoms with Gasteiger partial charge in [0.1, 0.15) is 79.4 Å². The molecule has 27 unspecified atom stereocenters. The first kappa shape index (κ1) is 56.2. The molecule has 8 fully saturated rings. The normalized spacial score (nSPS) is 55.0. The number of rotatable bonds is 11. The summed E-state index contributed by atoms with van der Waals surface area (Å²) in [7, 11) is 0. The topological polar surface area (TPSA) is 334 Å². The zero-order valence-corrected chi connectivity index (χ0v) is 43.2. The molecule has 0 bridgehead atoms. The minimum Gasteiger partial charge on any atom is -0.481 e. The number of allylic oxidation sites excluding steroid dienone is 2. The molecule has 27 atom stereocenters. The number of carbonyl (C=O) groups is 1. The number of hydrogen-bond donors (Lipinski definition) is 12. The van der Waals surface area contributed by atoms with Gasteiger partial charge in [-0.05, 0) is 111 Å². The van der Waals surface area contributed by atoms with Gasteiger partial charge < -0.3 is 99.2 Å². The number of aliphatic hydroxyl groups excluding tert-OH is 11. The molecule has 0 amide bonds. The molecule has 12 N–H and O–H groups in total. The number of hydrogen-bond acceptors (Lipinski definition) is 20. The largest absolute Gasteiger partial charge is 0.481 e. The third kappa shape index (κ3) is 9.10. The molecule has 4 saturated heterocycles. The van der Waals surface area contributed by atoms with Gasteiger partial charge in [0.15, 0.2) is 25.2 Å². The number of carboxylic acids is 1. The third-order valence-electron chi connectivity index (χ3n) is 20.8. The van der Waals surface area contributed by atoms with Crippen molar-refractivity contribution in [2.75, 3.05) is 26.4 Å². The van der Waals surface area contributed by atoms with Gasteiger partial charge in [-0.3, -0.25) is 4.79 Å². The minimum atomic E-state index is -1.86. The first-order chi connectivity index (χ1) is 34.2. The van der Waals surface area contributed by atoms with Crippen molar-refractivity contribution >= 4 is 5.97 Å². The van der Waals surface area contributed by atoms with Gasteiger partial charge in [-0.2, -0.15) is 0 Å². The second-order valence-corrected chi connectivity index (χ2v) is 25.2. The van der Waals surface area contributed by atoms with E-state index in [0.29, 0.717) is 25.7 Å². The Balaban J connectivity index is 0.982. The van der Waals surface area contributed by atoms with Crippen molar-refractivity contribution in [3.63, 3.8) is 0 Å². The van der Waals surface area contributed by atoms with Crippen LogP contribution in [0.3, 0.4) is 0 Å². The zero-order valence-electron chi connectivity index (χ0n) is 43.2. The molecule has 4 aliphatic heterocycles. The molecular formula is C52H84O21. The van der Waals surface area contributed by atoms with Crippen LogP contribution in [-0.4, -0.2) is 210 Å². The van der Waals surface area contributed by atoms with E-state index in [-0.39, 0.29) is 46.0 Å². The lowest BCUT2D eigenvalue weighted by Crippen LogP contribution is -2.67. The first-order valence-electron chi connectivity index (χ1n) is 26.7. The summed E-state index contributed by atoms with van der Waals surface area (Å²) in [6.07, 6.45) is -19.7. The Morgan fingerprint density at radius 3 is 1.99 bits per heavy atom. The van der Waals surface area contributed by atoms with Gasteiger partial charge in [-0.1, -0.05) is 53.2 Å². The van der Waals surface area contributed by atoms with Gasteiger partial charge in [0.05, 0.1) is 44.1 Å². The lowest BCUT2D eigenvalue weighted by molar-refractivity contribution is -0.389. The van der Waals surface area contributed by atoms with E-state index in [1.54, 1.807) is 0 Å². The Morgan fingerprint density at radius 1 is 0.644 bits per heavy atom. The summed E-state index contributed by atoms with van der Waals surface area (Å²) in [5.74, 6) is -0.589. The van der Waals surface area contributed by atoms with E-state index in [4.69, 9.17) is 37.9 Å². The molecule has 5 aliphatic carbocycles. The highest BCUT2D eigenvalue weighted by Gasteiger charge is 2.70. The lowest BCUT2D eigenvalue weighted by Gasteiger charge is -2.71. The molecule has 0 spiro atoms. The fourth-order valence-corrected chi connectivity index (χ4v) is 16.0. The van der Waals surface area contributed by atoms with Crippen molar-refractivity contribution in [1.82, 2.24) is 0 Å². The molecule has 73 heavy (non-hydrogen) atoms. The molecule has 0 aromatic heterocycles. The standard InChI is InChI=1S/C52H84O21/c1-23-32(56)40(72-42-37(61)33(57)26(55)20-66-42)39(63)44(68-23)73-41-35(59)28(70-43-38(62)36(60)34(58)27(19-53)69-43)21-67-45(41)71-31-11-12-48(4)29(49(31,5)22-54)10-13-51(7)30(48)9-8-24-25-18-47(2,3)14-16-52(25,46(64)65)17-15-50(24,51)6/h8,23,25-45,53-63H,9-22H2,1-7H3,(H,64,65). The molecule has 0 aromatic carbocycles. The van der Waals surface area contributed by atoms with Gasteiger partial charge in [0.25, 0.3) is 0 Å². The Labute approximate surface area is 426 Å². The molecule has 4 saturated carbocycles. The highest BCUT2D eigenvalue weighted by molar-refractivity contribution is 5.76. The van der Waals surface area contributed by atoms with Crippen LogP contribution in [0.15, 0.2) is 11.6 Å². The van der Waals surface area contributed by atoms with Crippen LogP contribution in [0.25, 0.3) is 0 Å². The average Bonchev–Trinajstić information content (AvgIpc) is 3.34. The minimum absolute atomic E-state index is 0.0263. The third-order valence-corrected chi connectivity index (χ3v) is 20.8. The van der Waals surface area contributed by atoms with Crippen LogP contribution < -0.4 is 0 Å². The molecule has 418 valence electrons. The van der Waals surface area contributed by atoms with E-state index in [0.717, 1.165) is 38.5 Å². The fraction of sp³-hybridized carbons (Fsp3) is 0.942. The lowest BCUT2D eigenvalue weighted by atomic mass is 9.33. The Bertz CT molecular complexity index is 2010. The van der Waals surface area contributed by atoms with E-state index in [2.05, 4.69) is 40.7 Å². The number of ether oxygens (including phenoxy) is 8. The number of carboxylic acid groups (broad SMARTS) is 1. The molecule has 21 heteroatoms. The van der Waals surface area contributed by atoms with Gasteiger partial charge in [0.2, 0.25) is 0 Å². The zero-order chi connectivity index (χ0) is 53.1. The predicted molar refractivity (Wildman–Crippen MR) is 251 cm³/mol. The molecule has 0 aromatic rings. The van der Waals surface area contributed by atoms with Crippen molar-refractivity contribution < 1.29 is 104 Å². The molecular weight excluding hydrogens is 961 g/mol. The predicted octanol–water partition coefficient (Wildman–Crippen LogP) is -0.191. The van der Waals surface area contributed by atoms with E-state index < -0.39 is 153 Å². The second kappa shape index (κ2) is 20.3. The molecule has 21 nitrogen and oxygen atoms in total. The highest BCUT2D eigenvalue weighted by Crippen LogP contribution is 2.76. The average molecular weight is 1050 g/mol. The Hall–Kier alpha value is -1.55. The summed E-state index contributed by atoms with van der Waals surface area (Å²) >= 11 is 0. The van der Waals surface area contributed by atoms with E-state index in [9.17, 15) is 66.1 Å². The summed E-state index contributed by atoms with van der Waals surface area (Å²) in [6.45, 7) is 13.3. The highest BCUT2D eigenvalue weighted by atomic mass is 16.8. The Morgan fingerprint density at radius 2 is 1.30 bits per heavy atom. The maximum atomic E-state index is 13.2. The smallest absolute Gasteiger partial charge is 0.310 e. The van der Waals surface area contributed by atoms with E-state index in [1.165, 1.54) is 12.5 Å². The number of aliphatic carboxylic acids is 1. The fourth-order valence-electron chi connectivity index (χ4n) is 16.0. The second-order valence-electron chi connectivity index (χ2n) is 25.2. The summed E-state index contributed by atoms with van der Waals surface area (Å²) < 4.78 is 48.5. The van der Waals surface area contributed by atoms with Gasteiger partial charge in [0, 0.05) is 5.41 Å². The van der Waals surface area contributed by atoms with Crippen LogP contribution in [0, 0.1) is 50.2 Å². The maximum Gasteiger partial charge on any atom is 0.310 e.